The summed E-state index contributed by atoms with van der Waals surface area (Å²) in [6.07, 6.45) is 0.402. The highest BCUT2D eigenvalue weighted by Crippen LogP contribution is 2.35. The second kappa shape index (κ2) is 10.2. The largest absolute Gasteiger partial charge is 0.383 e. The van der Waals surface area contributed by atoms with Gasteiger partial charge in [0, 0.05) is 36.1 Å². The number of carbonyl (C=O) groups excluding carboxylic acids is 2. The van der Waals surface area contributed by atoms with Gasteiger partial charge < -0.3 is 15.0 Å². The molecule has 1 aromatic heterocycles. The van der Waals surface area contributed by atoms with Crippen LogP contribution in [0.5, 0.6) is 0 Å². The van der Waals surface area contributed by atoms with Crippen molar-refractivity contribution in [1.29, 1.82) is 0 Å². The van der Waals surface area contributed by atoms with Gasteiger partial charge in [0.25, 0.3) is 5.91 Å². The summed E-state index contributed by atoms with van der Waals surface area (Å²) >= 11 is 1.52. The number of nitrogens with zero attached hydrogens (tertiary/aromatic N) is 3. The van der Waals surface area contributed by atoms with E-state index >= 15 is 0 Å². The van der Waals surface area contributed by atoms with Gasteiger partial charge >= 0.3 is 6.03 Å². The van der Waals surface area contributed by atoms with Crippen LogP contribution in [0.2, 0.25) is 0 Å². The van der Waals surface area contributed by atoms with E-state index in [1.807, 2.05) is 38.3 Å². The van der Waals surface area contributed by atoms with Crippen molar-refractivity contribution in [1.82, 2.24) is 15.2 Å². The summed E-state index contributed by atoms with van der Waals surface area (Å²) in [5.74, 6) is -0.716. The van der Waals surface area contributed by atoms with Crippen LogP contribution in [0, 0.1) is 5.82 Å². The minimum Gasteiger partial charge on any atom is -0.383 e. The number of benzene rings is 1. The van der Waals surface area contributed by atoms with E-state index in [1.54, 1.807) is 25.3 Å². The van der Waals surface area contributed by atoms with Crippen LogP contribution in [-0.4, -0.2) is 59.9 Å². The maximum absolute atomic E-state index is 14.4. The molecule has 2 aromatic rings. The smallest absolute Gasteiger partial charge is 0.318 e. The zero-order valence-electron chi connectivity index (χ0n) is 18.8. The van der Waals surface area contributed by atoms with Gasteiger partial charge in [0.2, 0.25) is 0 Å². The van der Waals surface area contributed by atoms with Gasteiger partial charge in [-0.15, -0.1) is 11.3 Å². The average Bonchev–Trinajstić information content (AvgIpc) is 3.39. The topological polar surface area (TPSA) is 74.2 Å². The fourth-order valence-corrected chi connectivity index (χ4v) is 4.20. The molecule has 3 amide bonds. The molecule has 32 heavy (non-hydrogen) atoms. The first-order chi connectivity index (χ1) is 15.2. The number of nitrogens with one attached hydrogen (secondary N) is 1. The van der Waals surface area contributed by atoms with Crippen molar-refractivity contribution >= 4 is 29.0 Å². The molecule has 172 valence electrons. The quantitative estimate of drug-likeness (QED) is 0.678. The van der Waals surface area contributed by atoms with Crippen molar-refractivity contribution < 1.29 is 18.7 Å². The molecule has 0 radical (unpaired) electrons. The van der Waals surface area contributed by atoms with E-state index in [0.717, 1.165) is 4.88 Å². The lowest BCUT2D eigenvalue weighted by atomic mass is 10.0. The number of ether oxygens (including phenoxy) is 1. The molecule has 7 nitrogen and oxygen atoms in total. The average molecular weight is 461 g/mol. The maximum atomic E-state index is 14.4. The molecule has 0 aliphatic carbocycles. The lowest BCUT2D eigenvalue weighted by molar-refractivity contribution is -0.133. The molecule has 0 unspecified atom stereocenters. The summed E-state index contributed by atoms with van der Waals surface area (Å²) in [5.41, 5.74) is 0.442. The maximum Gasteiger partial charge on any atom is 0.318 e. The van der Waals surface area contributed by atoms with Crippen LogP contribution in [0.1, 0.15) is 43.7 Å². The number of hydrogen-bond donors (Lipinski definition) is 1. The highest BCUT2D eigenvalue weighted by atomic mass is 32.1. The Morgan fingerprint density at radius 2 is 2.03 bits per heavy atom. The molecule has 1 aliphatic heterocycles. The predicted octanol–water partition coefficient (Wildman–Crippen LogP) is 4.02. The number of rotatable bonds is 7. The number of hydrogen-bond acceptors (Lipinski definition) is 5. The standard InChI is InChI=1S/C23H29FN4O3S/c1-23(2,3)25-22(30)27(11-12-31-4)15-21(29)28-19(20-10-7-13-32-20)14-18(26-28)16-8-5-6-9-17(16)24/h5-10,13,19H,11-12,14-15H2,1-4H3,(H,25,30)/t19-/m1/s1. The highest BCUT2D eigenvalue weighted by Gasteiger charge is 2.35. The van der Waals surface area contributed by atoms with Crippen molar-refractivity contribution in [3.8, 4) is 0 Å². The van der Waals surface area contributed by atoms with Crippen LogP contribution in [0.25, 0.3) is 0 Å². The Balaban J connectivity index is 1.85. The fraction of sp³-hybridized carbons (Fsp3) is 0.435. The highest BCUT2D eigenvalue weighted by molar-refractivity contribution is 7.10. The van der Waals surface area contributed by atoms with E-state index < -0.39 is 5.54 Å². The molecule has 1 aromatic carbocycles. The van der Waals surface area contributed by atoms with Crippen LogP contribution in [0.15, 0.2) is 46.9 Å². The van der Waals surface area contributed by atoms with Gasteiger partial charge in [-0.3, -0.25) is 4.79 Å². The Bertz CT molecular complexity index is 972. The van der Waals surface area contributed by atoms with Crippen LogP contribution < -0.4 is 5.32 Å². The Morgan fingerprint density at radius 1 is 1.28 bits per heavy atom. The molecule has 0 spiro atoms. The molecule has 3 rings (SSSR count). The minimum atomic E-state index is -0.450. The molecular weight excluding hydrogens is 431 g/mol. The van der Waals surface area contributed by atoms with Crippen molar-refractivity contribution in [2.75, 3.05) is 26.8 Å². The molecule has 1 atom stereocenters. The molecule has 0 saturated carbocycles. The lowest BCUT2D eigenvalue weighted by Gasteiger charge is -2.29. The second-order valence-electron chi connectivity index (χ2n) is 8.59. The molecule has 9 heteroatoms. The summed E-state index contributed by atoms with van der Waals surface area (Å²) in [4.78, 5) is 28.5. The van der Waals surface area contributed by atoms with Crippen molar-refractivity contribution in [3.05, 3.63) is 58.0 Å². The Kier molecular flexibility index (Phi) is 7.63. The van der Waals surface area contributed by atoms with Gasteiger partial charge in [-0.05, 0) is 38.3 Å². The molecule has 1 aliphatic rings. The van der Waals surface area contributed by atoms with Crippen molar-refractivity contribution in [2.24, 2.45) is 5.10 Å². The van der Waals surface area contributed by atoms with Crippen LogP contribution in [0.4, 0.5) is 9.18 Å². The van der Waals surface area contributed by atoms with E-state index in [9.17, 15) is 14.0 Å². The molecule has 1 N–H and O–H groups in total. The van der Waals surface area contributed by atoms with E-state index in [4.69, 9.17) is 4.74 Å². The van der Waals surface area contributed by atoms with Crippen LogP contribution in [0.3, 0.4) is 0 Å². The van der Waals surface area contributed by atoms with E-state index in [0.29, 0.717) is 24.3 Å². The molecule has 0 saturated heterocycles. The number of hydrazone groups is 1. The Labute approximate surface area is 191 Å². The third-order valence-electron chi connectivity index (χ3n) is 4.88. The Hall–Kier alpha value is -2.78. The molecule has 0 fully saturated rings. The van der Waals surface area contributed by atoms with Gasteiger partial charge in [-0.2, -0.15) is 5.10 Å². The lowest BCUT2D eigenvalue weighted by Crippen LogP contribution is -2.52. The van der Waals surface area contributed by atoms with Crippen molar-refractivity contribution in [3.63, 3.8) is 0 Å². The fourth-order valence-electron chi connectivity index (χ4n) is 3.39. The monoisotopic (exact) mass is 460 g/mol. The predicted molar refractivity (Wildman–Crippen MR) is 123 cm³/mol. The van der Waals surface area contributed by atoms with Gasteiger partial charge in [-0.25, -0.2) is 14.2 Å². The minimum absolute atomic E-state index is 0.165. The van der Waals surface area contributed by atoms with E-state index in [-0.39, 0.29) is 36.9 Å². The summed E-state index contributed by atoms with van der Waals surface area (Å²) in [6.45, 7) is 6.01. The van der Waals surface area contributed by atoms with Crippen molar-refractivity contribution in [2.45, 2.75) is 38.8 Å². The molecular formula is C23H29FN4O3S. The SMILES string of the molecule is COCCN(CC(=O)N1N=C(c2ccccc2F)C[C@@H]1c1cccs1)C(=O)NC(C)(C)C. The zero-order valence-corrected chi connectivity index (χ0v) is 19.6. The summed E-state index contributed by atoms with van der Waals surface area (Å²) in [5, 5.41) is 10.7. The second-order valence-corrected chi connectivity index (χ2v) is 9.57. The van der Waals surface area contributed by atoms with E-state index in [1.165, 1.54) is 27.3 Å². The van der Waals surface area contributed by atoms with Crippen LogP contribution in [-0.2, 0) is 9.53 Å². The summed E-state index contributed by atoms with van der Waals surface area (Å²) < 4.78 is 19.5. The number of urea groups is 1. The molecule has 0 bridgehead atoms. The third-order valence-corrected chi connectivity index (χ3v) is 5.86. The number of carbonyl (C=O) groups is 2. The summed E-state index contributed by atoms with van der Waals surface area (Å²) in [6, 6.07) is 9.56. The summed E-state index contributed by atoms with van der Waals surface area (Å²) in [7, 11) is 1.54. The van der Waals surface area contributed by atoms with Gasteiger partial charge in [0.1, 0.15) is 12.4 Å². The Morgan fingerprint density at radius 3 is 2.66 bits per heavy atom. The van der Waals surface area contributed by atoms with Gasteiger partial charge in [0.05, 0.1) is 18.4 Å². The zero-order chi connectivity index (χ0) is 23.3. The number of halogens is 1. The number of methoxy groups -OCH3 is 1. The normalized spacial score (nSPS) is 16.1. The molecule has 2 heterocycles. The first-order valence-electron chi connectivity index (χ1n) is 10.4. The number of amides is 3. The third kappa shape index (κ3) is 5.92. The van der Waals surface area contributed by atoms with Crippen LogP contribution >= 0.6 is 11.3 Å². The first kappa shape index (κ1) is 23.9. The first-order valence-corrected chi connectivity index (χ1v) is 11.3. The van der Waals surface area contributed by atoms with Gasteiger partial charge in [0.15, 0.2) is 0 Å². The van der Waals surface area contributed by atoms with E-state index in [2.05, 4.69) is 10.4 Å². The number of thiophene rings is 1. The van der Waals surface area contributed by atoms with Gasteiger partial charge in [-0.1, -0.05) is 24.3 Å².